The van der Waals surface area contributed by atoms with Crippen LogP contribution in [0.15, 0.2) is 49.1 Å². The molecule has 0 unspecified atom stereocenters. The highest BCUT2D eigenvalue weighted by molar-refractivity contribution is 5.48. The zero-order valence-electron chi connectivity index (χ0n) is 12.0. The monoisotopic (exact) mass is 282 g/mol. The van der Waals surface area contributed by atoms with Gasteiger partial charge >= 0.3 is 0 Å². The fourth-order valence-corrected chi connectivity index (χ4v) is 2.11. The van der Waals surface area contributed by atoms with Crippen LogP contribution in [0.2, 0.25) is 0 Å². The SMILES string of the molecule is CCCn1cc(CNc2ccc(-n3nccn3)cc2)cn1. The average molecular weight is 282 g/mol. The van der Waals surface area contributed by atoms with E-state index in [0.29, 0.717) is 0 Å². The van der Waals surface area contributed by atoms with Gasteiger partial charge in [0.25, 0.3) is 0 Å². The van der Waals surface area contributed by atoms with Gasteiger partial charge in [-0.05, 0) is 30.7 Å². The van der Waals surface area contributed by atoms with Crippen LogP contribution in [-0.4, -0.2) is 24.8 Å². The fraction of sp³-hybridized carbons (Fsp3) is 0.267. The Balaban J connectivity index is 1.60. The van der Waals surface area contributed by atoms with Crippen LogP contribution >= 0.6 is 0 Å². The van der Waals surface area contributed by atoms with E-state index in [1.54, 1.807) is 17.2 Å². The minimum Gasteiger partial charge on any atom is -0.381 e. The number of aryl methyl sites for hydroxylation is 1. The fourth-order valence-electron chi connectivity index (χ4n) is 2.11. The third-order valence-corrected chi connectivity index (χ3v) is 3.15. The van der Waals surface area contributed by atoms with Crippen LogP contribution in [0.25, 0.3) is 5.69 Å². The second-order valence-corrected chi connectivity index (χ2v) is 4.83. The summed E-state index contributed by atoms with van der Waals surface area (Å²) in [6, 6.07) is 8.02. The quantitative estimate of drug-likeness (QED) is 0.754. The van der Waals surface area contributed by atoms with E-state index in [4.69, 9.17) is 0 Å². The van der Waals surface area contributed by atoms with Gasteiger partial charge in [0.1, 0.15) is 0 Å². The summed E-state index contributed by atoms with van der Waals surface area (Å²) in [4.78, 5) is 1.60. The molecule has 2 aromatic heterocycles. The Hall–Kier alpha value is -2.63. The van der Waals surface area contributed by atoms with Crippen LogP contribution in [0, 0.1) is 0 Å². The van der Waals surface area contributed by atoms with Crippen molar-refractivity contribution in [3.63, 3.8) is 0 Å². The van der Waals surface area contributed by atoms with Crippen LogP contribution in [0.3, 0.4) is 0 Å². The lowest BCUT2D eigenvalue weighted by Gasteiger charge is -2.06. The molecule has 0 radical (unpaired) electrons. The van der Waals surface area contributed by atoms with Crippen molar-refractivity contribution in [2.75, 3.05) is 5.32 Å². The molecule has 0 bridgehead atoms. The summed E-state index contributed by atoms with van der Waals surface area (Å²) in [7, 11) is 0. The zero-order valence-corrected chi connectivity index (χ0v) is 12.0. The Labute approximate surface area is 123 Å². The molecular weight excluding hydrogens is 264 g/mol. The van der Waals surface area contributed by atoms with E-state index >= 15 is 0 Å². The average Bonchev–Trinajstić information content (AvgIpc) is 3.18. The molecule has 0 saturated heterocycles. The second kappa shape index (κ2) is 6.21. The maximum Gasteiger partial charge on any atom is 0.0858 e. The molecule has 1 N–H and O–H groups in total. The van der Waals surface area contributed by atoms with Crippen molar-refractivity contribution < 1.29 is 0 Å². The summed E-state index contributed by atoms with van der Waals surface area (Å²) >= 11 is 0. The van der Waals surface area contributed by atoms with Gasteiger partial charge in [-0.1, -0.05) is 6.92 Å². The van der Waals surface area contributed by atoms with E-state index in [1.165, 1.54) is 5.56 Å². The highest BCUT2D eigenvalue weighted by atomic mass is 15.5. The van der Waals surface area contributed by atoms with E-state index in [-0.39, 0.29) is 0 Å². The molecular formula is C15H18N6. The van der Waals surface area contributed by atoms with Gasteiger partial charge in [0.2, 0.25) is 0 Å². The Morgan fingerprint density at radius 2 is 1.81 bits per heavy atom. The third-order valence-electron chi connectivity index (χ3n) is 3.15. The number of rotatable bonds is 6. The van der Waals surface area contributed by atoms with Gasteiger partial charge in [-0.2, -0.15) is 20.1 Å². The Bertz CT molecular complexity index is 669. The summed E-state index contributed by atoms with van der Waals surface area (Å²) in [5, 5.41) is 15.9. The number of hydrogen-bond acceptors (Lipinski definition) is 4. The lowest BCUT2D eigenvalue weighted by Crippen LogP contribution is -2.01. The third kappa shape index (κ3) is 3.28. The summed E-state index contributed by atoms with van der Waals surface area (Å²) in [6.07, 6.45) is 8.42. The number of anilines is 1. The van der Waals surface area contributed by atoms with E-state index in [9.17, 15) is 0 Å². The Morgan fingerprint density at radius 1 is 1.05 bits per heavy atom. The summed E-state index contributed by atoms with van der Waals surface area (Å²) in [5.41, 5.74) is 3.19. The topological polar surface area (TPSA) is 60.6 Å². The molecule has 0 amide bonds. The van der Waals surface area contributed by atoms with E-state index in [1.807, 2.05) is 35.1 Å². The molecule has 0 aliphatic rings. The first-order valence-corrected chi connectivity index (χ1v) is 7.07. The first-order chi connectivity index (χ1) is 10.3. The first kappa shape index (κ1) is 13.4. The van der Waals surface area contributed by atoms with Crippen molar-refractivity contribution >= 4 is 5.69 Å². The van der Waals surface area contributed by atoms with Crippen LogP contribution in [0.1, 0.15) is 18.9 Å². The molecule has 0 saturated carbocycles. The van der Waals surface area contributed by atoms with Crippen molar-refractivity contribution in [1.29, 1.82) is 0 Å². The number of nitrogens with zero attached hydrogens (tertiary/aromatic N) is 5. The van der Waals surface area contributed by atoms with E-state index in [0.717, 1.165) is 30.9 Å². The summed E-state index contributed by atoms with van der Waals surface area (Å²) in [5.74, 6) is 0. The van der Waals surface area contributed by atoms with Crippen LogP contribution < -0.4 is 5.32 Å². The molecule has 0 aliphatic carbocycles. The maximum atomic E-state index is 4.32. The Kier molecular flexibility index (Phi) is 3.95. The Morgan fingerprint density at radius 3 is 2.52 bits per heavy atom. The lowest BCUT2D eigenvalue weighted by atomic mass is 10.2. The molecule has 0 fully saturated rings. The minimum atomic E-state index is 0.767. The van der Waals surface area contributed by atoms with Gasteiger partial charge in [0, 0.05) is 30.5 Å². The molecule has 6 nitrogen and oxygen atoms in total. The predicted molar refractivity (Wildman–Crippen MR) is 81.2 cm³/mol. The minimum absolute atomic E-state index is 0.767. The standard InChI is InChI=1S/C15H18N6/c1-2-9-20-12-13(11-19-20)10-16-14-3-5-15(6-4-14)21-17-7-8-18-21/h3-8,11-12,16H,2,9-10H2,1H3. The van der Waals surface area contributed by atoms with Gasteiger partial charge in [-0.15, -0.1) is 0 Å². The molecule has 3 rings (SSSR count). The predicted octanol–water partition coefficient (Wildman–Crippen LogP) is 2.49. The van der Waals surface area contributed by atoms with Crippen molar-refractivity contribution in [3.8, 4) is 5.69 Å². The van der Waals surface area contributed by atoms with Gasteiger partial charge in [0.15, 0.2) is 0 Å². The number of benzene rings is 1. The number of nitrogens with one attached hydrogen (secondary N) is 1. The molecule has 0 spiro atoms. The molecule has 6 heteroatoms. The molecule has 21 heavy (non-hydrogen) atoms. The van der Waals surface area contributed by atoms with Crippen molar-refractivity contribution in [2.24, 2.45) is 0 Å². The molecule has 3 aromatic rings. The summed E-state index contributed by atoms with van der Waals surface area (Å²) in [6.45, 7) is 3.88. The molecule has 1 aromatic carbocycles. The molecule has 2 heterocycles. The van der Waals surface area contributed by atoms with Crippen molar-refractivity contribution in [3.05, 3.63) is 54.6 Å². The van der Waals surface area contributed by atoms with E-state index in [2.05, 4.69) is 33.7 Å². The molecule has 108 valence electrons. The van der Waals surface area contributed by atoms with Crippen molar-refractivity contribution in [2.45, 2.75) is 26.4 Å². The van der Waals surface area contributed by atoms with E-state index < -0.39 is 0 Å². The summed E-state index contributed by atoms with van der Waals surface area (Å²) < 4.78 is 1.98. The largest absolute Gasteiger partial charge is 0.381 e. The normalized spacial score (nSPS) is 10.7. The van der Waals surface area contributed by atoms with Gasteiger partial charge in [-0.3, -0.25) is 4.68 Å². The molecule has 0 aliphatic heterocycles. The smallest absolute Gasteiger partial charge is 0.0858 e. The van der Waals surface area contributed by atoms with Crippen LogP contribution in [-0.2, 0) is 13.1 Å². The van der Waals surface area contributed by atoms with Crippen molar-refractivity contribution in [1.82, 2.24) is 24.8 Å². The zero-order chi connectivity index (χ0) is 14.5. The molecule has 0 atom stereocenters. The number of hydrogen-bond donors (Lipinski definition) is 1. The van der Waals surface area contributed by atoms with Gasteiger partial charge in [-0.25, -0.2) is 0 Å². The lowest BCUT2D eigenvalue weighted by molar-refractivity contribution is 0.602. The number of aromatic nitrogens is 5. The second-order valence-electron chi connectivity index (χ2n) is 4.83. The highest BCUT2D eigenvalue weighted by Gasteiger charge is 2.00. The maximum absolute atomic E-state index is 4.32. The van der Waals surface area contributed by atoms with Crippen LogP contribution in [0.4, 0.5) is 5.69 Å². The van der Waals surface area contributed by atoms with Gasteiger partial charge in [0.05, 0.1) is 24.3 Å². The first-order valence-electron chi connectivity index (χ1n) is 7.07. The van der Waals surface area contributed by atoms with Gasteiger partial charge < -0.3 is 5.32 Å². The van der Waals surface area contributed by atoms with Crippen LogP contribution in [0.5, 0.6) is 0 Å². The highest BCUT2D eigenvalue weighted by Crippen LogP contribution is 2.13.